The number of nitrogens with zero attached hydrogens (tertiary/aromatic N) is 3. The molecule has 23 heavy (non-hydrogen) atoms. The number of aromatic nitrogens is 2. The van der Waals surface area contributed by atoms with E-state index in [4.69, 9.17) is 4.42 Å². The van der Waals surface area contributed by atoms with Crippen LogP contribution in [0, 0.1) is 5.92 Å². The van der Waals surface area contributed by atoms with E-state index in [2.05, 4.69) is 41.0 Å². The van der Waals surface area contributed by atoms with Crippen molar-refractivity contribution in [1.82, 2.24) is 14.9 Å². The molecule has 1 atom stereocenters. The predicted molar refractivity (Wildman–Crippen MR) is 91.3 cm³/mol. The van der Waals surface area contributed by atoms with Crippen LogP contribution in [-0.2, 0) is 12.0 Å². The van der Waals surface area contributed by atoms with Gasteiger partial charge in [-0.05, 0) is 31.0 Å². The highest BCUT2D eigenvalue weighted by Gasteiger charge is 2.25. The summed E-state index contributed by atoms with van der Waals surface area (Å²) >= 11 is 0. The number of pyridine rings is 1. The Morgan fingerprint density at radius 3 is 2.87 bits per heavy atom. The molecule has 124 valence electrons. The molecule has 1 saturated heterocycles. The summed E-state index contributed by atoms with van der Waals surface area (Å²) in [5, 5.41) is 3.42. The van der Waals surface area contributed by atoms with Gasteiger partial charge in [0.05, 0.1) is 12.7 Å². The quantitative estimate of drug-likeness (QED) is 0.917. The van der Waals surface area contributed by atoms with Crippen molar-refractivity contribution in [2.75, 3.05) is 25.0 Å². The highest BCUT2D eigenvalue weighted by atomic mass is 16.4. The molecule has 0 saturated carbocycles. The standard InChI is InChI=1S/C18H26N4O/c1-18(2,3)15-11-21-17(23-15)13-22-9-7-14(12-22)10-20-16-6-4-5-8-19-16/h4-6,8,11,14H,7,9-10,12-13H2,1-3H3,(H,19,20). The zero-order valence-corrected chi connectivity index (χ0v) is 14.2. The molecule has 1 fully saturated rings. The van der Waals surface area contributed by atoms with Crippen LogP contribution in [0.2, 0.25) is 0 Å². The van der Waals surface area contributed by atoms with E-state index >= 15 is 0 Å². The van der Waals surface area contributed by atoms with Gasteiger partial charge in [0.2, 0.25) is 5.89 Å². The molecule has 0 aliphatic carbocycles. The first-order chi connectivity index (χ1) is 11.0. The number of rotatable bonds is 5. The van der Waals surface area contributed by atoms with E-state index in [1.807, 2.05) is 30.6 Å². The fourth-order valence-corrected chi connectivity index (χ4v) is 2.86. The van der Waals surface area contributed by atoms with Crippen LogP contribution in [0.3, 0.4) is 0 Å². The fourth-order valence-electron chi connectivity index (χ4n) is 2.86. The molecule has 0 amide bonds. The topological polar surface area (TPSA) is 54.2 Å². The summed E-state index contributed by atoms with van der Waals surface area (Å²) in [5.41, 5.74) is 0.0192. The van der Waals surface area contributed by atoms with Crippen molar-refractivity contribution in [2.45, 2.75) is 39.2 Å². The lowest BCUT2D eigenvalue weighted by molar-refractivity contribution is 0.270. The molecule has 1 unspecified atom stereocenters. The third-order valence-corrected chi connectivity index (χ3v) is 4.26. The maximum Gasteiger partial charge on any atom is 0.208 e. The zero-order valence-electron chi connectivity index (χ0n) is 14.2. The molecule has 3 rings (SSSR count). The second-order valence-electron chi connectivity index (χ2n) is 7.35. The largest absolute Gasteiger partial charge is 0.444 e. The van der Waals surface area contributed by atoms with Gasteiger partial charge in [-0.15, -0.1) is 0 Å². The zero-order chi connectivity index (χ0) is 16.3. The van der Waals surface area contributed by atoms with E-state index in [0.717, 1.165) is 43.6 Å². The molecule has 2 aromatic heterocycles. The van der Waals surface area contributed by atoms with Gasteiger partial charge in [0.15, 0.2) is 0 Å². The van der Waals surface area contributed by atoms with Crippen LogP contribution in [-0.4, -0.2) is 34.5 Å². The van der Waals surface area contributed by atoms with Crippen LogP contribution in [0.15, 0.2) is 35.0 Å². The van der Waals surface area contributed by atoms with Crippen molar-refractivity contribution in [3.8, 4) is 0 Å². The van der Waals surface area contributed by atoms with Crippen LogP contribution < -0.4 is 5.32 Å². The minimum Gasteiger partial charge on any atom is -0.444 e. The van der Waals surface area contributed by atoms with Crippen LogP contribution in [0.25, 0.3) is 0 Å². The average molecular weight is 314 g/mol. The first kappa shape index (κ1) is 16.0. The Labute approximate surface area is 138 Å². The molecule has 0 spiro atoms. The predicted octanol–water partition coefficient (Wildman–Crippen LogP) is 3.30. The van der Waals surface area contributed by atoms with Crippen molar-refractivity contribution < 1.29 is 4.42 Å². The van der Waals surface area contributed by atoms with Gasteiger partial charge in [0, 0.05) is 24.7 Å². The number of oxazole rings is 1. The third kappa shape index (κ3) is 4.32. The normalized spacial score (nSPS) is 19.2. The molecule has 1 aliphatic heterocycles. The van der Waals surface area contributed by atoms with Crippen LogP contribution in [0.1, 0.15) is 38.8 Å². The van der Waals surface area contributed by atoms with Gasteiger partial charge < -0.3 is 9.73 Å². The maximum atomic E-state index is 5.90. The summed E-state index contributed by atoms with van der Waals surface area (Å²) in [5.74, 6) is 3.39. The Morgan fingerprint density at radius 2 is 2.17 bits per heavy atom. The van der Waals surface area contributed by atoms with Crippen molar-refractivity contribution in [3.05, 3.63) is 42.2 Å². The molecule has 5 heteroatoms. The number of likely N-dealkylation sites (tertiary alicyclic amines) is 1. The van der Waals surface area contributed by atoms with Gasteiger partial charge in [-0.2, -0.15) is 0 Å². The highest BCUT2D eigenvalue weighted by molar-refractivity contribution is 5.33. The van der Waals surface area contributed by atoms with Gasteiger partial charge in [0.1, 0.15) is 11.6 Å². The van der Waals surface area contributed by atoms with Crippen LogP contribution in [0.4, 0.5) is 5.82 Å². The third-order valence-electron chi connectivity index (χ3n) is 4.26. The van der Waals surface area contributed by atoms with Gasteiger partial charge in [-0.25, -0.2) is 9.97 Å². The summed E-state index contributed by atoms with van der Waals surface area (Å²) in [4.78, 5) is 11.2. The lowest BCUT2D eigenvalue weighted by Crippen LogP contribution is -2.23. The molecule has 3 heterocycles. The van der Waals surface area contributed by atoms with Gasteiger partial charge in [0.25, 0.3) is 0 Å². The number of anilines is 1. The molecule has 1 aliphatic rings. The monoisotopic (exact) mass is 314 g/mol. The van der Waals surface area contributed by atoms with Crippen LogP contribution >= 0.6 is 0 Å². The highest BCUT2D eigenvalue weighted by Crippen LogP contribution is 2.24. The van der Waals surface area contributed by atoms with Crippen molar-refractivity contribution in [1.29, 1.82) is 0 Å². The second kappa shape index (κ2) is 6.71. The van der Waals surface area contributed by atoms with E-state index in [0.29, 0.717) is 5.92 Å². The summed E-state index contributed by atoms with van der Waals surface area (Å²) in [6.45, 7) is 10.4. The van der Waals surface area contributed by atoms with Gasteiger partial charge in [-0.3, -0.25) is 4.90 Å². The maximum absolute atomic E-state index is 5.90. The molecule has 0 aromatic carbocycles. The fraction of sp³-hybridized carbons (Fsp3) is 0.556. The van der Waals surface area contributed by atoms with Crippen molar-refractivity contribution in [2.24, 2.45) is 5.92 Å². The first-order valence-corrected chi connectivity index (χ1v) is 8.33. The molecular weight excluding hydrogens is 288 g/mol. The molecule has 5 nitrogen and oxygen atoms in total. The van der Waals surface area contributed by atoms with E-state index < -0.39 is 0 Å². The number of hydrogen-bond acceptors (Lipinski definition) is 5. The SMILES string of the molecule is CC(C)(C)c1cnc(CN2CCC(CNc3ccccn3)C2)o1. The van der Waals surface area contributed by atoms with Crippen LogP contribution in [0.5, 0.6) is 0 Å². The number of hydrogen-bond donors (Lipinski definition) is 1. The first-order valence-electron chi connectivity index (χ1n) is 8.33. The molecule has 2 aromatic rings. The summed E-state index contributed by atoms with van der Waals surface area (Å²) in [7, 11) is 0. The van der Waals surface area contributed by atoms with Gasteiger partial charge in [-0.1, -0.05) is 26.8 Å². The second-order valence-corrected chi connectivity index (χ2v) is 7.35. The summed E-state index contributed by atoms with van der Waals surface area (Å²) in [6, 6.07) is 5.95. The van der Waals surface area contributed by atoms with E-state index in [9.17, 15) is 0 Å². The lowest BCUT2D eigenvalue weighted by atomic mass is 9.94. The van der Waals surface area contributed by atoms with E-state index in [1.54, 1.807) is 0 Å². The Balaban J connectivity index is 1.47. The summed E-state index contributed by atoms with van der Waals surface area (Å²) in [6.07, 6.45) is 4.89. The Kier molecular flexibility index (Phi) is 4.66. The molecule has 1 N–H and O–H groups in total. The smallest absolute Gasteiger partial charge is 0.208 e. The molecule has 0 bridgehead atoms. The van der Waals surface area contributed by atoms with E-state index in [-0.39, 0.29) is 5.41 Å². The van der Waals surface area contributed by atoms with Crippen molar-refractivity contribution in [3.63, 3.8) is 0 Å². The van der Waals surface area contributed by atoms with Crippen molar-refractivity contribution >= 4 is 5.82 Å². The minimum absolute atomic E-state index is 0.0192. The van der Waals surface area contributed by atoms with E-state index in [1.165, 1.54) is 6.42 Å². The molecular formula is C18H26N4O. The summed E-state index contributed by atoms with van der Waals surface area (Å²) < 4.78 is 5.90. The Morgan fingerprint density at radius 1 is 1.30 bits per heavy atom. The Bertz CT molecular complexity index is 617. The van der Waals surface area contributed by atoms with Gasteiger partial charge >= 0.3 is 0 Å². The minimum atomic E-state index is 0.0192. The molecule has 0 radical (unpaired) electrons. The lowest BCUT2D eigenvalue weighted by Gasteiger charge is -2.15. The number of nitrogens with one attached hydrogen (secondary N) is 1. The Hall–Kier alpha value is -1.88. The average Bonchev–Trinajstić information content (AvgIpc) is 3.16.